The molecule has 5 aromatic carbocycles. The molecule has 0 aliphatic rings. The summed E-state index contributed by atoms with van der Waals surface area (Å²) >= 11 is 18.9. The van der Waals surface area contributed by atoms with Gasteiger partial charge in [0, 0.05) is 81.5 Å². The predicted molar refractivity (Wildman–Crippen MR) is 253 cm³/mol. The van der Waals surface area contributed by atoms with Crippen LogP contribution in [0.2, 0.25) is 0 Å². The molecule has 3 aromatic heterocycles. The van der Waals surface area contributed by atoms with Crippen molar-refractivity contribution in [3.05, 3.63) is 209 Å². The van der Waals surface area contributed by atoms with Crippen molar-refractivity contribution in [3.8, 4) is 28.5 Å². The molecule has 0 aliphatic carbocycles. The quantitative estimate of drug-likeness (QED) is 0.126. The topological polar surface area (TPSA) is 110 Å². The molecule has 3 heterocycles. The van der Waals surface area contributed by atoms with Gasteiger partial charge in [-0.2, -0.15) is 0 Å². The van der Waals surface area contributed by atoms with Crippen LogP contribution in [0.25, 0.3) is 28.5 Å². The molecule has 8 rings (SSSR count). The van der Waals surface area contributed by atoms with Gasteiger partial charge in [-0.1, -0.05) is 158 Å². The summed E-state index contributed by atoms with van der Waals surface area (Å²) in [7, 11) is 4.07. The van der Waals surface area contributed by atoms with Crippen molar-refractivity contribution < 1.29 is 0 Å². The molecule has 8 aromatic rings. The van der Waals surface area contributed by atoms with E-state index in [1.54, 1.807) is 36.9 Å². The van der Waals surface area contributed by atoms with Gasteiger partial charge >= 0.3 is 0 Å². The third-order valence-electron chi connectivity index (χ3n) is 8.02. The van der Waals surface area contributed by atoms with Crippen LogP contribution in [-0.4, -0.2) is 49.2 Å². The number of rotatable bonds is 7. The van der Waals surface area contributed by atoms with E-state index in [2.05, 4.69) is 83.8 Å². The number of nitrogens with zero attached hydrogens (tertiary/aromatic N) is 8. The molecule has 0 saturated heterocycles. The molecular weight excluding hydrogens is 909 g/mol. The second-order valence-corrected chi connectivity index (χ2v) is 15.0. The van der Waals surface area contributed by atoms with E-state index >= 15 is 0 Å². The normalized spacial score (nSPS) is 10.8. The van der Waals surface area contributed by atoms with Gasteiger partial charge in [0.05, 0.1) is 5.69 Å². The minimum Gasteiger partial charge on any atom is -0.399 e. The largest absolute Gasteiger partial charge is 0.399 e. The number of hydrogen-bond donors (Lipinski definition) is 1. The number of halogens is 4. The van der Waals surface area contributed by atoms with E-state index in [0.717, 1.165) is 54.2 Å². The fraction of sp³-hybridized carbons (Fsp3) is 0.0435. The molecule has 0 fully saturated rings. The maximum absolute atomic E-state index is 6.06. The van der Waals surface area contributed by atoms with Crippen LogP contribution in [0.15, 0.2) is 208 Å². The lowest BCUT2D eigenvalue weighted by molar-refractivity contribution is 1.06. The highest BCUT2D eigenvalue weighted by atomic mass is 79.9. The first kappa shape index (κ1) is 44.1. The number of aromatic nitrogens is 5. The van der Waals surface area contributed by atoms with Crippen molar-refractivity contribution in [1.82, 2.24) is 24.7 Å². The Morgan fingerprint density at radius 3 is 1.37 bits per heavy atom. The highest BCUT2D eigenvalue weighted by Gasteiger charge is 2.17. The fourth-order valence-electron chi connectivity index (χ4n) is 5.04. The summed E-state index contributed by atoms with van der Waals surface area (Å²) in [6.07, 6.45) is 6.87. The number of anilines is 2. The van der Waals surface area contributed by atoms with Crippen LogP contribution >= 0.6 is 55.1 Å². The van der Waals surface area contributed by atoms with Gasteiger partial charge < -0.3 is 10.6 Å². The van der Waals surface area contributed by atoms with Crippen molar-refractivity contribution in [2.75, 3.05) is 24.7 Å². The average Bonchev–Trinajstić information content (AvgIpc) is 3.73. The zero-order valence-electron chi connectivity index (χ0n) is 32.1. The maximum atomic E-state index is 6.06. The third kappa shape index (κ3) is 14.1. The molecule has 0 atom stereocenters. The first-order valence-electron chi connectivity index (χ1n) is 18.0. The van der Waals surface area contributed by atoms with E-state index in [9.17, 15) is 0 Å². The Morgan fingerprint density at radius 1 is 0.525 bits per heavy atom. The lowest BCUT2D eigenvalue weighted by atomic mass is 10.2. The summed E-state index contributed by atoms with van der Waals surface area (Å²) < 4.78 is 4.07. The van der Waals surface area contributed by atoms with Gasteiger partial charge in [0.25, 0.3) is 0 Å². The minimum atomic E-state index is 0.293. The lowest BCUT2D eigenvalue weighted by Gasteiger charge is -2.10. The first-order valence-corrected chi connectivity index (χ1v) is 20.4. The molecule has 0 radical (unpaired) electrons. The number of para-hydroxylation sites is 1. The number of nitrogen functional groups attached to an aromatic ring is 1. The molecule has 0 aliphatic heterocycles. The standard InChI is InChI=1S/C19H13BrN4.C14H9BrCl2N2.C8H11N.C5H6N2/c20-16-8-6-15(7-9-16)19-23-22-18(14-4-2-1-3-5-14)24(19)17-10-12-21-13-11-17;15-12-8-6-11(7-9-12)14(17)19-18-13(16)10-4-2-1-3-5-10;1-9(2)8-6-4-3-5-7-8;6-5-1-3-7-4-2-5/h1-13H;1-9H;3-7H,1-2H3;1-4H,(H2,6,7)/b;18-13-,19-14-;;. The molecule has 0 amide bonds. The van der Waals surface area contributed by atoms with Crippen LogP contribution in [-0.2, 0) is 0 Å². The van der Waals surface area contributed by atoms with E-state index in [4.69, 9.17) is 28.9 Å². The minimum absolute atomic E-state index is 0.293. The summed E-state index contributed by atoms with van der Waals surface area (Å²) in [4.78, 5) is 9.96. The SMILES string of the molecule is Brc1ccc(-c2nnc(-c3ccccc3)n2-c2ccncc2)cc1.CN(C)c1ccccc1.Cl/C(=N\N=C(/Cl)c1ccc(Br)cc1)c1ccccc1.Nc1ccncc1. The van der Waals surface area contributed by atoms with Crippen molar-refractivity contribution >= 4 is 76.8 Å². The van der Waals surface area contributed by atoms with Gasteiger partial charge in [0.1, 0.15) is 0 Å². The second kappa shape index (κ2) is 23.4. The number of nitrogens with two attached hydrogens (primary N) is 1. The van der Waals surface area contributed by atoms with Crippen LogP contribution in [0.3, 0.4) is 0 Å². The molecule has 0 saturated carbocycles. The van der Waals surface area contributed by atoms with E-state index in [1.165, 1.54) is 5.69 Å². The Bertz CT molecular complexity index is 2490. The molecule has 13 heteroatoms. The number of benzene rings is 5. The van der Waals surface area contributed by atoms with Gasteiger partial charge in [-0.25, -0.2) is 0 Å². The summed E-state index contributed by atoms with van der Waals surface area (Å²) in [5, 5.41) is 17.3. The van der Waals surface area contributed by atoms with Gasteiger partial charge in [0.15, 0.2) is 22.0 Å². The van der Waals surface area contributed by atoms with Gasteiger partial charge in [-0.15, -0.1) is 20.4 Å². The van der Waals surface area contributed by atoms with Crippen LogP contribution in [0.5, 0.6) is 0 Å². The summed E-state index contributed by atoms with van der Waals surface area (Å²) in [6, 6.07) is 52.7. The summed E-state index contributed by atoms with van der Waals surface area (Å²) in [6.45, 7) is 0. The van der Waals surface area contributed by atoms with Crippen molar-refractivity contribution in [2.45, 2.75) is 0 Å². The maximum Gasteiger partial charge on any atom is 0.168 e. The van der Waals surface area contributed by atoms with Crippen LogP contribution < -0.4 is 10.6 Å². The third-order valence-corrected chi connectivity index (χ3v) is 9.66. The molecule has 2 N–H and O–H groups in total. The van der Waals surface area contributed by atoms with Crippen LogP contribution in [0, 0.1) is 0 Å². The Balaban J connectivity index is 0.000000167. The molecule has 0 unspecified atom stereocenters. The van der Waals surface area contributed by atoms with Crippen molar-refractivity contribution in [3.63, 3.8) is 0 Å². The van der Waals surface area contributed by atoms with Crippen molar-refractivity contribution in [2.24, 2.45) is 10.2 Å². The molecule has 9 nitrogen and oxygen atoms in total. The molecule has 59 heavy (non-hydrogen) atoms. The Labute approximate surface area is 371 Å². The number of hydrogen-bond acceptors (Lipinski definition) is 8. The highest BCUT2D eigenvalue weighted by Crippen LogP contribution is 2.29. The molecule has 0 spiro atoms. The van der Waals surface area contributed by atoms with Gasteiger partial charge in [0.2, 0.25) is 0 Å². The molecule has 0 bridgehead atoms. The van der Waals surface area contributed by atoms with E-state index in [-0.39, 0.29) is 0 Å². The Kier molecular flexibility index (Phi) is 17.5. The van der Waals surface area contributed by atoms with Gasteiger partial charge in [-0.3, -0.25) is 14.5 Å². The highest BCUT2D eigenvalue weighted by molar-refractivity contribution is 9.10. The van der Waals surface area contributed by atoms with Gasteiger partial charge in [-0.05, 0) is 60.7 Å². The Hall–Kier alpha value is -5.98. The number of pyridine rings is 2. The Morgan fingerprint density at radius 2 is 0.932 bits per heavy atom. The van der Waals surface area contributed by atoms with E-state index < -0.39 is 0 Å². The second-order valence-electron chi connectivity index (χ2n) is 12.4. The van der Waals surface area contributed by atoms with Crippen molar-refractivity contribution in [1.29, 1.82) is 0 Å². The predicted octanol–water partition coefficient (Wildman–Crippen LogP) is 12.2. The summed E-state index contributed by atoms with van der Waals surface area (Å²) in [5.41, 5.74) is 11.9. The fourth-order valence-corrected chi connectivity index (χ4v) is 5.89. The summed E-state index contributed by atoms with van der Waals surface area (Å²) in [5.74, 6) is 1.60. The monoisotopic (exact) mass is 945 g/mol. The lowest BCUT2D eigenvalue weighted by Crippen LogP contribution is -2.07. The first-order chi connectivity index (χ1) is 28.7. The van der Waals surface area contributed by atoms with Crippen LogP contribution in [0.1, 0.15) is 11.1 Å². The molecular formula is C46H39Br2Cl2N9. The zero-order valence-corrected chi connectivity index (χ0v) is 36.7. The van der Waals surface area contributed by atoms with E-state index in [1.807, 2.05) is 154 Å². The average molecular weight is 949 g/mol. The molecule has 296 valence electrons. The van der Waals surface area contributed by atoms with Crippen LogP contribution in [0.4, 0.5) is 11.4 Å². The van der Waals surface area contributed by atoms with E-state index in [0.29, 0.717) is 10.3 Å². The zero-order chi connectivity index (χ0) is 41.8. The smallest absolute Gasteiger partial charge is 0.168 e.